The summed E-state index contributed by atoms with van der Waals surface area (Å²) in [7, 11) is 1.54. The van der Waals surface area contributed by atoms with Gasteiger partial charge >= 0.3 is 12.1 Å². The van der Waals surface area contributed by atoms with E-state index in [4.69, 9.17) is 24.1 Å². The fraction of sp³-hybridized carbons (Fsp3) is 0.619. The zero-order valence-electron chi connectivity index (χ0n) is 18.4. The Morgan fingerprint density at radius 2 is 2.00 bits per heavy atom. The number of carbonyl (C=O) groups excluding carboxylic acids is 1. The second-order valence-corrected chi connectivity index (χ2v) is 8.27. The van der Waals surface area contributed by atoms with Gasteiger partial charge in [-0.25, -0.2) is 9.18 Å². The fourth-order valence-electron chi connectivity index (χ4n) is 3.23. The molecule has 0 saturated heterocycles. The van der Waals surface area contributed by atoms with Crippen molar-refractivity contribution in [2.45, 2.75) is 39.2 Å². The van der Waals surface area contributed by atoms with Gasteiger partial charge in [0.1, 0.15) is 23.6 Å². The quantitative estimate of drug-likeness (QED) is 0.354. The molecule has 0 spiro atoms. The molecule has 0 fully saturated rings. The van der Waals surface area contributed by atoms with E-state index in [1.807, 2.05) is 0 Å². The molecule has 3 N–H and O–H groups in total. The van der Waals surface area contributed by atoms with Crippen molar-refractivity contribution in [1.82, 2.24) is 5.32 Å². The highest BCUT2D eigenvalue weighted by molar-refractivity contribution is 5.75. The van der Waals surface area contributed by atoms with Crippen molar-refractivity contribution in [1.29, 1.82) is 0 Å². The van der Waals surface area contributed by atoms with Crippen LogP contribution in [0.1, 0.15) is 31.9 Å². The number of alkyl carbamates (subject to hydrolysis) is 1. The van der Waals surface area contributed by atoms with Crippen LogP contribution in [0.25, 0.3) is 0 Å². The van der Waals surface area contributed by atoms with Crippen LogP contribution in [0.3, 0.4) is 0 Å². The number of carboxylic acids is 1. The smallest absolute Gasteiger partial charge is 0.407 e. The minimum atomic E-state index is -1.12. The molecule has 174 valence electrons. The van der Waals surface area contributed by atoms with Crippen LogP contribution in [-0.2, 0) is 31.8 Å². The van der Waals surface area contributed by atoms with Crippen LogP contribution in [0.5, 0.6) is 5.75 Å². The topological polar surface area (TPSA) is 115 Å². The number of nitrogens with one attached hydrogen (secondary N) is 2. The van der Waals surface area contributed by atoms with E-state index >= 15 is 4.39 Å². The van der Waals surface area contributed by atoms with Crippen molar-refractivity contribution in [3.63, 3.8) is 0 Å². The summed E-state index contributed by atoms with van der Waals surface area (Å²) in [5.74, 6) is -1.51. The number of aliphatic carboxylic acids is 1. The lowest BCUT2D eigenvalue weighted by Gasteiger charge is -2.20. The van der Waals surface area contributed by atoms with Crippen LogP contribution >= 0.6 is 0 Å². The Morgan fingerprint density at radius 1 is 1.26 bits per heavy atom. The van der Waals surface area contributed by atoms with Crippen LogP contribution < -0.4 is 15.4 Å². The predicted molar refractivity (Wildman–Crippen MR) is 111 cm³/mol. The monoisotopic (exact) mass is 442 g/mol. The standard InChI is InChI=1S/C21H31FN2O7/c1-21(2,3)31-20(27)24-10-13-7-14-9-16(30-12-29-6-5-28-4)19(23-11-17(25)26)18(22)15(14)8-13/h9,13,23H,5-8,10-12H2,1-4H3,(H,24,27)(H,25,26). The lowest BCUT2D eigenvalue weighted by atomic mass is 10.1. The third kappa shape index (κ3) is 7.87. The Bertz CT molecular complexity index is 780. The minimum Gasteiger partial charge on any atom is -0.480 e. The summed E-state index contributed by atoms with van der Waals surface area (Å²) in [5, 5.41) is 14.3. The summed E-state index contributed by atoms with van der Waals surface area (Å²) < 4.78 is 36.1. The van der Waals surface area contributed by atoms with Crippen molar-refractivity contribution < 1.29 is 38.0 Å². The highest BCUT2D eigenvalue weighted by Gasteiger charge is 2.29. The van der Waals surface area contributed by atoms with Crippen molar-refractivity contribution in [3.8, 4) is 5.75 Å². The molecule has 1 atom stereocenters. The van der Waals surface area contributed by atoms with Crippen LogP contribution in [0.2, 0.25) is 0 Å². The van der Waals surface area contributed by atoms with Gasteiger partial charge in [-0.15, -0.1) is 0 Å². The van der Waals surface area contributed by atoms with Crippen LogP contribution in [0.4, 0.5) is 14.9 Å². The molecular weight excluding hydrogens is 411 g/mol. The Morgan fingerprint density at radius 3 is 2.65 bits per heavy atom. The summed E-state index contributed by atoms with van der Waals surface area (Å²) in [4.78, 5) is 22.8. The molecule has 1 unspecified atom stereocenters. The van der Waals surface area contributed by atoms with E-state index in [-0.39, 0.29) is 24.1 Å². The predicted octanol–water partition coefficient (Wildman–Crippen LogP) is 2.56. The second-order valence-electron chi connectivity index (χ2n) is 8.27. The summed E-state index contributed by atoms with van der Waals surface area (Å²) in [6, 6.07) is 1.69. The number of hydrogen-bond acceptors (Lipinski definition) is 7. The summed E-state index contributed by atoms with van der Waals surface area (Å²) in [6.45, 7) is 5.77. The number of anilines is 1. The van der Waals surface area contributed by atoms with E-state index < -0.39 is 30.0 Å². The first-order valence-corrected chi connectivity index (χ1v) is 10.1. The molecule has 0 saturated carbocycles. The molecule has 0 radical (unpaired) electrons. The molecule has 9 nitrogen and oxygen atoms in total. The number of benzene rings is 1. The maximum atomic E-state index is 15.2. The van der Waals surface area contributed by atoms with Gasteiger partial charge in [0.2, 0.25) is 0 Å². The number of amides is 1. The number of halogens is 1. The molecule has 0 aromatic heterocycles. The molecule has 0 heterocycles. The van der Waals surface area contributed by atoms with Gasteiger partial charge in [-0.2, -0.15) is 0 Å². The third-order valence-corrected chi connectivity index (χ3v) is 4.51. The van der Waals surface area contributed by atoms with Crippen molar-refractivity contribution in [2.75, 3.05) is 45.5 Å². The molecule has 1 amide bonds. The number of ether oxygens (including phenoxy) is 4. The van der Waals surface area contributed by atoms with Gasteiger partial charge < -0.3 is 34.7 Å². The molecule has 1 aliphatic rings. The van der Waals surface area contributed by atoms with Crippen molar-refractivity contribution in [3.05, 3.63) is 23.0 Å². The Kier molecular flexibility index (Phi) is 8.88. The highest BCUT2D eigenvalue weighted by Crippen LogP contribution is 2.38. The van der Waals surface area contributed by atoms with Gasteiger partial charge in [-0.3, -0.25) is 4.79 Å². The minimum absolute atomic E-state index is 0.0162. The van der Waals surface area contributed by atoms with E-state index in [0.29, 0.717) is 38.2 Å². The molecule has 2 rings (SSSR count). The first kappa shape index (κ1) is 24.7. The maximum absolute atomic E-state index is 15.2. The van der Waals surface area contributed by atoms with Gasteiger partial charge in [0.25, 0.3) is 0 Å². The number of rotatable bonds is 11. The van der Waals surface area contributed by atoms with E-state index in [2.05, 4.69) is 10.6 Å². The molecule has 0 aliphatic heterocycles. The van der Waals surface area contributed by atoms with Gasteiger partial charge in [0.05, 0.1) is 13.2 Å². The Hall–Kier alpha value is -2.59. The summed E-state index contributed by atoms with van der Waals surface area (Å²) >= 11 is 0. The SMILES string of the molecule is COCCOCOc1cc2c(c(F)c1NCC(=O)O)CC(CNC(=O)OC(C)(C)C)C2. The van der Waals surface area contributed by atoms with Crippen molar-refractivity contribution >= 4 is 17.7 Å². The average molecular weight is 442 g/mol. The van der Waals surface area contributed by atoms with Crippen LogP contribution in [-0.4, -0.2) is 63.0 Å². The molecule has 0 bridgehead atoms. The van der Waals surface area contributed by atoms with Gasteiger partial charge in [-0.05, 0) is 56.7 Å². The largest absolute Gasteiger partial charge is 0.480 e. The van der Waals surface area contributed by atoms with Crippen molar-refractivity contribution in [2.24, 2.45) is 5.92 Å². The number of methoxy groups -OCH3 is 1. The molecule has 10 heteroatoms. The van der Waals surface area contributed by atoms with Crippen LogP contribution in [0.15, 0.2) is 6.07 Å². The molecule has 1 aromatic rings. The van der Waals surface area contributed by atoms with Crippen LogP contribution in [0, 0.1) is 11.7 Å². The first-order valence-electron chi connectivity index (χ1n) is 10.1. The van der Waals surface area contributed by atoms with E-state index in [9.17, 15) is 9.59 Å². The second kappa shape index (κ2) is 11.1. The van der Waals surface area contributed by atoms with Gasteiger partial charge in [0, 0.05) is 13.7 Å². The highest BCUT2D eigenvalue weighted by atomic mass is 19.1. The third-order valence-electron chi connectivity index (χ3n) is 4.51. The molecule has 1 aromatic carbocycles. The average Bonchev–Trinajstić information content (AvgIpc) is 3.07. The Balaban J connectivity index is 2.07. The fourth-order valence-corrected chi connectivity index (χ4v) is 3.23. The summed E-state index contributed by atoms with van der Waals surface area (Å²) in [5.41, 5.74) is 0.618. The normalized spacial score (nSPS) is 15.3. The number of fused-ring (bicyclic) bond motifs is 1. The number of hydrogen-bond donors (Lipinski definition) is 3. The Labute approximate surface area is 181 Å². The lowest BCUT2D eigenvalue weighted by molar-refractivity contribution is -0.134. The van der Waals surface area contributed by atoms with E-state index in [1.54, 1.807) is 33.9 Å². The molecule has 1 aliphatic carbocycles. The number of carboxylic acid groups (broad SMARTS) is 1. The molecule has 31 heavy (non-hydrogen) atoms. The van der Waals surface area contributed by atoms with E-state index in [1.165, 1.54) is 0 Å². The molecular formula is C21H31FN2O7. The first-order chi connectivity index (χ1) is 14.6. The summed E-state index contributed by atoms with van der Waals surface area (Å²) in [6.07, 6.45) is 0.427. The zero-order chi connectivity index (χ0) is 23.0. The number of carbonyl (C=O) groups is 2. The lowest BCUT2D eigenvalue weighted by Crippen LogP contribution is -2.35. The van der Waals surface area contributed by atoms with Gasteiger partial charge in [0.15, 0.2) is 12.6 Å². The zero-order valence-corrected chi connectivity index (χ0v) is 18.4. The van der Waals surface area contributed by atoms with Gasteiger partial charge in [-0.1, -0.05) is 0 Å². The maximum Gasteiger partial charge on any atom is 0.407 e. The van der Waals surface area contributed by atoms with E-state index in [0.717, 1.165) is 5.56 Å².